The zero-order chi connectivity index (χ0) is 19.2. The largest absolute Gasteiger partial charge is 0.206 e. The molecule has 0 aliphatic rings. The summed E-state index contributed by atoms with van der Waals surface area (Å²) < 4.78 is 14.7. The van der Waals surface area contributed by atoms with Crippen molar-refractivity contribution in [1.29, 1.82) is 0 Å². The van der Waals surface area contributed by atoms with Crippen molar-refractivity contribution in [1.82, 2.24) is 0 Å². The molecular formula is C26H21F. The van der Waals surface area contributed by atoms with Crippen LogP contribution in [0.1, 0.15) is 45.9 Å². The van der Waals surface area contributed by atoms with Crippen LogP contribution in [0, 0.1) is 43.3 Å². The van der Waals surface area contributed by atoms with Crippen molar-refractivity contribution < 1.29 is 4.39 Å². The van der Waals surface area contributed by atoms with E-state index in [1.807, 2.05) is 75.4 Å². The van der Waals surface area contributed by atoms with Gasteiger partial charge in [0.05, 0.1) is 5.56 Å². The third kappa shape index (κ3) is 4.87. The Kier molecular flexibility index (Phi) is 5.75. The Morgan fingerprint density at radius 3 is 1.67 bits per heavy atom. The molecule has 0 aliphatic carbocycles. The van der Waals surface area contributed by atoms with E-state index in [-0.39, 0.29) is 5.82 Å². The molecule has 27 heavy (non-hydrogen) atoms. The molecular weight excluding hydrogens is 331 g/mol. The minimum atomic E-state index is -0.317. The van der Waals surface area contributed by atoms with Crippen molar-refractivity contribution in [2.24, 2.45) is 0 Å². The highest BCUT2D eigenvalue weighted by atomic mass is 19.1. The van der Waals surface area contributed by atoms with Gasteiger partial charge in [-0.3, -0.25) is 0 Å². The predicted octanol–water partition coefficient (Wildman–Crippen LogP) is 5.80. The first-order valence-electron chi connectivity index (χ1n) is 9.05. The minimum Gasteiger partial charge on any atom is -0.206 e. The van der Waals surface area contributed by atoms with Gasteiger partial charge in [-0.25, -0.2) is 4.39 Å². The van der Waals surface area contributed by atoms with Crippen molar-refractivity contribution in [2.45, 2.75) is 27.2 Å². The number of hydrogen-bond acceptors (Lipinski definition) is 0. The summed E-state index contributed by atoms with van der Waals surface area (Å²) >= 11 is 0. The smallest absolute Gasteiger partial charge is 0.140 e. The molecule has 0 radical (unpaired) electrons. The summed E-state index contributed by atoms with van der Waals surface area (Å²) in [6.45, 7) is 6.07. The lowest BCUT2D eigenvalue weighted by atomic mass is 10.0. The molecule has 0 nitrogen and oxygen atoms in total. The average molecular weight is 352 g/mol. The topological polar surface area (TPSA) is 0 Å². The monoisotopic (exact) mass is 352 g/mol. The van der Waals surface area contributed by atoms with E-state index in [9.17, 15) is 4.39 Å². The van der Waals surface area contributed by atoms with Crippen LogP contribution >= 0.6 is 0 Å². The van der Waals surface area contributed by atoms with Gasteiger partial charge in [-0.1, -0.05) is 66.0 Å². The molecule has 0 heterocycles. The van der Waals surface area contributed by atoms with E-state index < -0.39 is 0 Å². The summed E-state index contributed by atoms with van der Waals surface area (Å²) in [5.74, 6) is 11.9. The summed E-state index contributed by atoms with van der Waals surface area (Å²) in [5.41, 5.74) is 6.18. The molecule has 0 aromatic heterocycles. The summed E-state index contributed by atoms with van der Waals surface area (Å²) in [4.78, 5) is 0. The second-order valence-electron chi connectivity index (χ2n) is 6.58. The normalized spacial score (nSPS) is 9.78. The second-order valence-corrected chi connectivity index (χ2v) is 6.58. The molecule has 0 unspecified atom stereocenters. The first-order chi connectivity index (χ1) is 13.0. The Hall–Kier alpha value is -3.29. The molecule has 0 saturated carbocycles. The number of hydrogen-bond donors (Lipinski definition) is 0. The van der Waals surface area contributed by atoms with Gasteiger partial charge < -0.3 is 0 Å². The maximum Gasteiger partial charge on any atom is 0.140 e. The molecule has 132 valence electrons. The van der Waals surface area contributed by atoms with E-state index in [0.29, 0.717) is 17.5 Å². The lowest BCUT2D eigenvalue weighted by molar-refractivity contribution is 0.621. The predicted molar refractivity (Wildman–Crippen MR) is 110 cm³/mol. The molecule has 0 N–H and O–H groups in total. The lowest BCUT2D eigenvalue weighted by Crippen LogP contribution is -1.95. The molecule has 0 saturated heterocycles. The van der Waals surface area contributed by atoms with E-state index in [2.05, 4.69) is 23.7 Å². The fraction of sp³-hybridized carbons (Fsp3) is 0.154. The quantitative estimate of drug-likeness (QED) is 0.485. The van der Waals surface area contributed by atoms with Crippen LogP contribution in [-0.2, 0) is 6.42 Å². The highest BCUT2D eigenvalue weighted by molar-refractivity contribution is 5.52. The lowest BCUT2D eigenvalue weighted by Gasteiger charge is -2.04. The van der Waals surface area contributed by atoms with E-state index in [1.165, 1.54) is 17.2 Å². The van der Waals surface area contributed by atoms with Gasteiger partial charge in [0.1, 0.15) is 5.82 Å². The summed E-state index contributed by atoms with van der Waals surface area (Å²) in [6.07, 6.45) is 0.703. The first-order valence-corrected chi connectivity index (χ1v) is 9.05. The van der Waals surface area contributed by atoms with Crippen LogP contribution in [0.3, 0.4) is 0 Å². The third-order valence-corrected chi connectivity index (χ3v) is 4.34. The molecule has 3 aromatic rings. The van der Waals surface area contributed by atoms with Crippen molar-refractivity contribution in [3.63, 3.8) is 0 Å². The molecule has 0 atom stereocenters. The average Bonchev–Trinajstić information content (AvgIpc) is 2.67. The van der Waals surface area contributed by atoms with Gasteiger partial charge in [-0.2, -0.15) is 0 Å². The highest BCUT2D eigenvalue weighted by Gasteiger charge is 2.07. The van der Waals surface area contributed by atoms with E-state index in [1.54, 1.807) is 0 Å². The Balaban J connectivity index is 1.92. The molecule has 0 spiro atoms. The molecule has 3 aromatic carbocycles. The Morgan fingerprint density at radius 2 is 1.15 bits per heavy atom. The van der Waals surface area contributed by atoms with Gasteiger partial charge in [0.2, 0.25) is 0 Å². The summed E-state index contributed by atoms with van der Waals surface area (Å²) in [6, 6.07) is 19.3. The van der Waals surface area contributed by atoms with Crippen molar-refractivity contribution >= 4 is 0 Å². The Bertz CT molecular complexity index is 1060. The number of halogens is 1. The van der Waals surface area contributed by atoms with Gasteiger partial charge in [-0.05, 0) is 62.2 Å². The molecule has 0 amide bonds. The summed E-state index contributed by atoms with van der Waals surface area (Å²) in [7, 11) is 0. The van der Waals surface area contributed by atoms with Crippen LogP contribution in [0.4, 0.5) is 4.39 Å². The van der Waals surface area contributed by atoms with Gasteiger partial charge in [0.15, 0.2) is 0 Å². The second kappa shape index (κ2) is 8.39. The Morgan fingerprint density at radius 1 is 0.667 bits per heavy atom. The van der Waals surface area contributed by atoms with E-state index in [0.717, 1.165) is 16.7 Å². The fourth-order valence-electron chi connectivity index (χ4n) is 2.71. The summed E-state index contributed by atoms with van der Waals surface area (Å²) in [5, 5.41) is 0. The maximum absolute atomic E-state index is 14.7. The van der Waals surface area contributed by atoms with E-state index in [4.69, 9.17) is 0 Å². The number of benzene rings is 3. The van der Waals surface area contributed by atoms with Crippen LogP contribution in [0.25, 0.3) is 0 Å². The zero-order valence-corrected chi connectivity index (χ0v) is 15.9. The van der Waals surface area contributed by atoms with Crippen LogP contribution < -0.4 is 0 Å². The third-order valence-electron chi connectivity index (χ3n) is 4.34. The standard InChI is InChI=1S/C26H21F/c1-4-24-17-23(14-13-21-9-5-19(2)6-10-21)18-26(27)25(24)16-15-22-11-7-20(3)8-12-22/h5-12,17-18H,4H2,1-3H3. The highest BCUT2D eigenvalue weighted by Crippen LogP contribution is 2.17. The van der Waals surface area contributed by atoms with Gasteiger partial charge in [0.25, 0.3) is 0 Å². The van der Waals surface area contributed by atoms with Crippen LogP contribution in [0.2, 0.25) is 0 Å². The first kappa shape index (κ1) is 18.5. The van der Waals surface area contributed by atoms with Gasteiger partial charge >= 0.3 is 0 Å². The fourth-order valence-corrected chi connectivity index (χ4v) is 2.71. The van der Waals surface area contributed by atoms with E-state index >= 15 is 0 Å². The van der Waals surface area contributed by atoms with Crippen LogP contribution in [-0.4, -0.2) is 0 Å². The maximum atomic E-state index is 14.7. The van der Waals surface area contributed by atoms with Gasteiger partial charge in [-0.15, -0.1) is 0 Å². The van der Waals surface area contributed by atoms with Gasteiger partial charge in [0, 0.05) is 16.7 Å². The molecule has 1 heteroatoms. The molecule has 0 fully saturated rings. The minimum absolute atomic E-state index is 0.317. The van der Waals surface area contributed by atoms with Crippen LogP contribution in [0.5, 0.6) is 0 Å². The number of aryl methyl sites for hydroxylation is 3. The van der Waals surface area contributed by atoms with Crippen molar-refractivity contribution in [3.05, 3.63) is 105 Å². The van der Waals surface area contributed by atoms with Crippen LogP contribution in [0.15, 0.2) is 60.7 Å². The number of rotatable bonds is 1. The molecule has 0 bridgehead atoms. The van der Waals surface area contributed by atoms with Crippen molar-refractivity contribution in [3.8, 4) is 23.7 Å². The molecule has 3 rings (SSSR count). The Labute approximate surface area is 161 Å². The van der Waals surface area contributed by atoms with Crippen molar-refractivity contribution in [2.75, 3.05) is 0 Å². The molecule has 0 aliphatic heterocycles. The zero-order valence-electron chi connectivity index (χ0n) is 15.9. The SMILES string of the molecule is CCc1cc(C#Cc2ccc(C)cc2)cc(F)c1C#Cc1ccc(C)cc1.